The van der Waals surface area contributed by atoms with Crippen molar-refractivity contribution in [1.29, 1.82) is 0 Å². The number of aromatic nitrogens is 3. The fourth-order valence-electron chi connectivity index (χ4n) is 1.58. The van der Waals surface area contributed by atoms with E-state index in [0.29, 0.717) is 11.5 Å². The number of hydrogen-bond acceptors (Lipinski definition) is 6. The fourth-order valence-corrected chi connectivity index (χ4v) is 2.87. The van der Waals surface area contributed by atoms with Gasteiger partial charge in [0.05, 0.1) is 12.2 Å². The third kappa shape index (κ3) is 2.72. The maximum absolute atomic E-state index is 12.4. The molecule has 2 rings (SSSR count). The molecule has 0 fully saturated rings. The van der Waals surface area contributed by atoms with Crippen molar-refractivity contribution in [1.82, 2.24) is 19.5 Å². The smallest absolute Gasteiger partial charge is 0.245 e. The number of anilines is 1. The van der Waals surface area contributed by atoms with Gasteiger partial charge in [0, 0.05) is 7.05 Å². The highest BCUT2D eigenvalue weighted by Crippen LogP contribution is 2.23. The highest BCUT2D eigenvalue weighted by molar-refractivity contribution is 7.89. The van der Waals surface area contributed by atoms with Crippen molar-refractivity contribution in [2.75, 3.05) is 12.5 Å². The minimum Gasteiger partial charge on any atom is -0.323 e. The van der Waals surface area contributed by atoms with Crippen LogP contribution in [0.5, 0.6) is 0 Å². The van der Waals surface area contributed by atoms with Crippen LogP contribution in [0.2, 0.25) is 0 Å². The molecular formula is C10H14N6O2S. The lowest BCUT2D eigenvalue weighted by molar-refractivity contribution is 0.457. The fraction of sp³-hybridized carbons (Fsp3) is 0.200. The maximum Gasteiger partial charge on any atom is 0.245 e. The minimum atomic E-state index is -3.65. The largest absolute Gasteiger partial charge is 0.323 e. The van der Waals surface area contributed by atoms with Gasteiger partial charge in [-0.3, -0.25) is 10.9 Å². The molecule has 4 N–H and O–H groups in total. The number of hydrogen-bond donors (Lipinski definition) is 3. The van der Waals surface area contributed by atoms with Gasteiger partial charge in [-0.1, -0.05) is 12.1 Å². The molecule has 1 aromatic heterocycles. The first-order chi connectivity index (χ1) is 9.05. The Kier molecular flexibility index (Phi) is 3.79. The van der Waals surface area contributed by atoms with Gasteiger partial charge in [-0.25, -0.2) is 13.4 Å². The number of para-hydroxylation sites is 1. The molecule has 2 aromatic rings. The number of nitrogen functional groups attached to an aromatic ring is 1. The van der Waals surface area contributed by atoms with Crippen LogP contribution in [0.15, 0.2) is 35.5 Å². The van der Waals surface area contributed by atoms with Crippen molar-refractivity contribution in [3.63, 3.8) is 0 Å². The lowest BCUT2D eigenvalue weighted by atomic mass is 10.3. The zero-order valence-electron chi connectivity index (χ0n) is 10.2. The second kappa shape index (κ2) is 5.34. The molecule has 1 heterocycles. The Balaban J connectivity index is 2.31. The van der Waals surface area contributed by atoms with Gasteiger partial charge in [0.25, 0.3) is 0 Å². The summed E-state index contributed by atoms with van der Waals surface area (Å²) >= 11 is 0. The van der Waals surface area contributed by atoms with Crippen molar-refractivity contribution in [3.8, 4) is 0 Å². The van der Waals surface area contributed by atoms with Crippen molar-refractivity contribution < 1.29 is 8.42 Å². The standard InChI is InChI=1S/C10H14N6O2S/c1-16(6-10-12-7-13-15-10)19(17,18)9-5-3-2-4-8(9)14-11/h2-5,7,14H,6,11H2,1H3,(H,12,13,15). The van der Waals surface area contributed by atoms with Gasteiger partial charge in [0.15, 0.2) is 0 Å². The van der Waals surface area contributed by atoms with E-state index in [0.717, 1.165) is 0 Å². The molecule has 0 amide bonds. The van der Waals surface area contributed by atoms with Gasteiger partial charge in [0.1, 0.15) is 17.0 Å². The van der Waals surface area contributed by atoms with Gasteiger partial charge in [-0.05, 0) is 12.1 Å². The summed E-state index contributed by atoms with van der Waals surface area (Å²) in [5.74, 6) is 5.78. The van der Waals surface area contributed by atoms with Crippen molar-refractivity contribution in [2.45, 2.75) is 11.4 Å². The number of aromatic amines is 1. The number of nitrogens with zero attached hydrogens (tertiary/aromatic N) is 3. The number of sulfonamides is 1. The molecule has 0 bridgehead atoms. The molecule has 0 unspecified atom stereocenters. The van der Waals surface area contributed by atoms with Gasteiger partial charge >= 0.3 is 0 Å². The molecule has 9 heteroatoms. The molecule has 0 radical (unpaired) electrons. The zero-order chi connectivity index (χ0) is 13.9. The second-order valence-corrected chi connectivity index (χ2v) is 5.85. The molecule has 0 atom stereocenters. The van der Waals surface area contributed by atoms with Crippen LogP contribution < -0.4 is 11.3 Å². The van der Waals surface area contributed by atoms with Crippen LogP contribution in [-0.4, -0.2) is 35.0 Å². The predicted octanol–water partition coefficient (Wildman–Crippen LogP) is -0.0890. The van der Waals surface area contributed by atoms with E-state index in [9.17, 15) is 8.42 Å². The Morgan fingerprint density at radius 2 is 2.16 bits per heavy atom. The molecule has 0 spiro atoms. The lowest BCUT2D eigenvalue weighted by Gasteiger charge is -2.17. The Bertz CT molecular complexity index is 640. The molecule has 1 aromatic carbocycles. The van der Waals surface area contributed by atoms with Crippen molar-refractivity contribution >= 4 is 15.7 Å². The highest BCUT2D eigenvalue weighted by Gasteiger charge is 2.24. The van der Waals surface area contributed by atoms with Crippen LogP contribution in [0, 0.1) is 0 Å². The Labute approximate surface area is 110 Å². The average Bonchev–Trinajstić information content (AvgIpc) is 2.91. The number of benzene rings is 1. The number of H-pyrrole nitrogens is 1. The quantitative estimate of drug-likeness (QED) is 0.521. The van der Waals surface area contributed by atoms with E-state index in [4.69, 9.17) is 5.84 Å². The SMILES string of the molecule is CN(Cc1ncn[nH]1)S(=O)(=O)c1ccccc1NN. The van der Waals surface area contributed by atoms with Crippen LogP contribution in [0.25, 0.3) is 0 Å². The lowest BCUT2D eigenvalue weighted by Crippen LogP contribution is -2.28. The number of nitrogens with one attached hydrogen (secondary N) is 2. The molecule has 0 saturated carbocycles. The summed E-state index contributed by atoms with van der Waals surface area (Å²) in [5.41, 5.74) is 2.71. The van der Waals surface area contributed by atoms with Crippen molar-refractivity contribution in [2.24, 2.45) is 5.84 Å². The third-order valence-corrected chi connectivity index (χ3v) is 4.43. The molecule has 102 valence electrons. The number of rotatable bonds is 5. The molecule has 8 nitrogen and oxygen atoms in total. The van der Waals surface area contributed by atoms with E-state index in [-0.39, 0.29) is 11.4 Å². The summed E-state index contributed by atoms with van der Waals surface area (Å²) in [7, 11) is -2.19. The summed E-state index contributed by atoms with van der Waals surface area (Å²) in [6, 6.07) is 6.41. The minimum absolute atomic E-state index is 0.0985. The van der Waals surface area contributed by atoms with E-state index in [1.165, 1.54) is 23.7 Å². The predicted molar refractivity (Wildman–Crippen MR) is 69.3 cm³/mol. The Morgan fingerprint density at radius 3 is 2.79 bits per heavy atom. The van der Waals surface area contributed by atoms with Crippen LogP contribution in [0.1, 0.15) is 5.82 Å². The van der Waals surface area contributed by atoms with E-state index < -0.39 is 10.0 Å². The van der Waals surface area contributed by atoms with Gasteiger partial charge < -0.3 is 5.43 Å². The van der Waals surface area contributed by atoms with E-state index in [2.05, 4.69) is 20.6 Å². The molecule has 0 aliphatic rings. The van der Waals surface area contributed by atoms with E-state index >= 15 is 0 Å². The highest BCUT2D eigenvalue weighted by atomic mass is 32.2. The van der Waals surface area contributed by atoms with Gasteiger partial charge in [-0.2, -0.15) is 9.40 Å². The Morgan fingerprint density at radius 1 is 1.42 bits per heavy atom. The molecule has 0 aliphatic heterocycles. The monoisotopic (exact) mass is 282 g/mol. The summed E-state index contributed by atoms with van der Waals surface area (Å²) in [6.45, 7) is 0.0985. The van der Waals surface area contributed by atoms with Crippen LogP contribution in [0.4, 0.5) is 5.69 Å². The molecule has 0 aliphatic carbocycles. The van der Waals surface area contributed by atoms with Gasteiger partial charge in [0.2, 0.25) is 10.0 Å². The molecule has 19 heavy (non-hydrogen) atoms. The first-order valence-corrected chi connectivity index (χ1v) is 6.86. The average molecular weight is 282 g/mol. The number of hydrazine groups is 1. The first kappa shape index (κ1) is 13.5. The first-order valence-electron chi connectivity index (χ1n) is 5.42. The zero-order valence-corrected chi connectivity index (χ0v) is 11.1. The van der Waals surface area contributed by atoms with Gasteiger partial charge in [-0.15, -0.1) is 0 Å². The second-order valence-electron chi connectivity index (χ2n) is 3.83. The van der Waals surface area contributed by atoms with Crippen LogP contribution in [0.3, 0.4) is 0 Å². The normalized spacial score (nSPS) is 11.7. The van der Waals surface area contributed by atoms with Crippen LogP contribution in [-0.2, 0) is 16.6 Å². The summed E-state index contributed by atoms with van der Waals surface area (Å²) in [5, 5.41) is 6.29. The summed E-state index contributed by atoms with van der Waals surface area (Å²) < 4.78 is 26.0. The third-order valence-electron chi connectivity index (χ3n) is 2.57. The van der Waals surface area contributed by atoms with E-state index in [1.54, 1.807) is 18.2 Å². The maximum atomic E-state index is 12.4. The molecule has 0 saturated heterocycles. The van der Waals surface area contributed by atoms with Crippen LogP contribution >= 0.6 is 0 Å². The summed E-state index contributed by atoms with van der Waals surface area (Å²) in [4.78, 5) is 4.00. The molecular weight excluding hydrogens is 268 g/mol. The number of nitrogens with two attached hydrogens (primary N) is 1. The van der Waals surface area contributed by atoms with Crippen molar-refractivity contribution in [3.05, 3.63) is 36.4 Å². The summed E-state index contributed by atoms with van der Waals surface area (Å²) in [6.07, 6.45) is 1.32. The van der Waals surface area contributed by atoms with E-state index in [1.807, 2.05) is 0 Å². The Hall–Kier alpha value is -1.97. The topological polar surface area (TPSA) is 117 Å².